The van der Waals surface area contributed by atoms with Gasteiger partial charge in [0.2, 0.25) is 0 Å². The number of hydrogen-bond donors (Lipinski definition) is 1. The molecule has 0 aliphatic carbocycles. The number of esters is 1. The summed E-state index contributed by atoms with van der Waals surface area (Å²) in [5.74, 6) is -0.599. The molecule has 0 amide bonds. The van der Waals surface area contributed by atoms with E-state index in [1.54, 1.807) is 6.92 Å². The van der Waals surface area contributed by atoms with Crippen LogP contribution in [0, 0.1) is 0 Å². The third-order valence-corrected chi connectivity index (χ3v) is 2.11. The van der Waals surface area contributed by atoms with Gasteiger partial charge in [0.1, 0.15) is 0 Å². The number of ether oxygens (including phenoxy) is 1. The molecule has 0 fully saturated rings. The highest BCUT2D eigenvalue weighted by Crippen LogP contribution is 2.31. The highest BCUT2D eigenvalue weighted by atomic mass is 19.4. The molecule has 0 aliphatic heterocycles. The Bertz CT molecular complexity index is 416. The Labute approximate surface area is 96.4 Å². The van der Waals surface area contributed by atoms with E-state index in [1.165, 1.54) is 0 Å². The lowest BCUT2D eigenvalue weighted by atomic mass is 10.1. The van der Waals surface area contributed by atoms with E-state index in [0.717, 1.165) is 18.2 Å². The fraction of sp³-hybridized carbons (Fsp3) is 0.364. The second-order valence-electron chi connectivity index (χ2n) is 3.39. The first-order valence-electron chi connectivity index (χ1n) is 4.95. The number of halogens is 3. The number of carbonyl (C=O) groups excluding carboxylic acids is 1. The number of nitrogen functional groups attached to an aromatic ring is 1. The maximum atomic E-state index is 12.4. The third kappa shape index (κ3) is 3.65. The van der Waals surface area contributed by atoms with Gasteiger partial charge >= 0.3 is 12.1 Å². The molecule has 94 valence electrons. The largest absolute Gasteiger partial charge is 0.466 e. The highest BCUT2D eigenvalue weighted by molar-refractivity contribution is 5.75. The van der Waals surface area contributed by atoms with Crippen molar-refractivity contribution in [1.82, 2.24) is 0 Å². The van der Waals surface area contributed by atoms with Crippen LogP contribution in [-0.2, 0) is 22.1 Å². The van der Waals surface area contributed by atoms with Crippen LogP contribution in [-0.4, -0.2) is 12.6 Å². The number of rotatable bonds is 3. The Kier molecular flexibility index (Phi) is 3.98. The zero-order valence-corrected chi connectivity index (χ0v) is 9.17. The quantitative estimate of drug-likeness (QED) is 0.659. The van der Waals surface area contributed by atoms with Crippen LogP contribution in [0.1, 0.15) is 18.1 Å². The van der Waals surface area contributed by atoms with E-state index in [0.29, 0.717) is 0 Å². The van der Waals surface area contributed by atoms with E-state index < -0.39 is 17.7 Å². The molecule has 0 saturated carbocycles. The number of anilines is 1. The lowest BCUT2D eigenvalue weighted by Crippen LogP contribution is -2.11. The van der Waals surface area contributed by atoms with Crippen molar-refractivity contribution in [1.29, 1.82) is 0 Å². The van der Waals surface area contributed by atoms with Crippen molar-refractivity contribution in [2.75, 3.05) is 12.3 Å². The summed E-state index contributed by atoms with van der Waals surface area (Å²) in [4.78, 5) is 11.2. The van der Waals surface area contributed by atoms with Gasteiger partial charge in [0.25, 0.3) is 0 Å². The van der Waals surface area contributed by atoms with Gasteiger partial charge in [-0.1, -0.05) is 0 Å². The second kappa shape index (κ2) is 5.07. The van der Waals surface area contributed by atoms with E-state index in [9.17, 15) is 18.0 Å². The van der Waals surface area contributed by atoms with Crippen molar-refractivity contribution in [3.63, 3.8) is 0 Å². The van der Waals surface area contributed by atoms with Crippen molar-refractivity contribution < 1.29 is 22.7 Å². The minimum Gasteiger partial charge on any atom is -0.466 e. The van der Waals surface area contributed by atoms with Crippen LogP contribution in [0.5, 0.6) is 0 Å². The summed E-state index contributed by atoms with van der Waals surface area (Å²) in [6.07, 6.45) is -4.71. The number of carbonyl (C=O) groups is 1. The lowest BCUT2D eigenvalue weighted by molar-refractivity contribution is -0.142. The first-order valence-corrected chi connectivity index (χ1v) is 4.95. The van der Waals surface area contributed by atoms with Crippen LogP contribution in [0.3, 0.4) is 0 Å². The van der Waals surface area contributed by atoms with E-state index in [4.69, 9.17) is 5.73 Å². The summed E-state index contributed by atoms with van der Waals surface area (Å²) in [5.41, 5.74) is 4.94. The van der Waals surface area contributed by atoms with Crippen LogP contribution < -0.4 is 5.73 Å². The van der Waals surface area contributed by atoms with Gasteiger partial charge < -0.3 is 10.5 Å². The summed E-state index contributed by atoms with van der Waals surface area (Å²) < 4.78 is 41.9. The Balaban J connectivity index is 2.95. The van der Waals surface area contributed by atoms with Crippen LogP contribution in [0.25, 0.3) is 0 Å². The van der Waals surface area contributed by atoms with Crippen molar-refractivity contribution in [3.05, 3.63) is 29.3 Å². The topological polar surface area (TPSA) is 52.3 Å². The molecule has 1 aromatic rings. The highest BCUT2D eigenvalue weighted by Gasteiger charge is 2.31. The third-order valence-electron chi connectivity index (χ3n) is 2.11. The summed E-state index contributed by atoms with van der Waals surface area (Å²) in [5, 5.41) is 0. The summed E-state index contributed by atoms with van der Waals surface area (Å²) in [6, 6.07) is 2.88. The molecular formula is C11H12F3NO2. The Morgan fingerprint density at radius 2 is 2.06 bits per heavy atom. The molecule has 0 unspecified atom stereocenters. The maximum absolute atomic E-state index is 12.4. The molecule has 3 nitrogen and oxygen atoms in total. The summed E-state index contributed by atoms with van der Waals surface area (Å²) in [6.45, 7) is 1.80. The molecule has 17 heavy (non-hydrogen) atoms. The fourth-order valence-corrected chi connectivity index (χ4v) is 1.30. The van der Waals surface area contributed by atoms with Gasteiger partial charge in [0.05, 0.1) is 18.6 Å². The first-order chi connectivity index (χ1) is 7.84. The molecule has 1 aromatic carbocycles. The molecule has 0 heterocycles. The molecule has 0 bridgehead atoms. The average Bonchev–Trinajstić information content (AvgIpc) is 2.20. The summed E-state index contributed by atoms with van der Waals surface area (Å²) in [7, 11) is 0. The molecule has 0 radical (unpaired) electrons. The fourth-order valence-electron chi connectivity index (χ4n) is 1.30. The van der Waals surface area contributed by atoms with Gasteiger partial charge in [-0.05, 0) is 30.7 Å². The van der Waals surface area contributed by atoms with Crippen LogP contribution in [0.15, 0.2) is 18.2 Å². The Morgan fingerprint density at radius 1 is 1.41 bits per heavy atom. The smallest absolute Gasteiger partial charge is 0.416 e. The standard InChI is InChI=1S/C11H12F3NO2/c1-2-17-10(16)6-7-5-8(11(12,13)14)3-4-9(7)15/h3-5H,2,6,15H2,1H3. The van der Waals surface area contributed by atoms with E-state index in [2.05, 4.69) is 4.74 Å². The Hall–Kier alpha value is -1.72. The molecule has 0 spiro atoms. The van der Waals surface area contributed by atoms with Gasteiger partial charge in [-0.3, -0.25) is 4.79 Å². The maximum Gasteiger partial charge on any atom is 0.416 e. The van der Waals surface area contributed by atoms with Crippen molar-refractivity contribution in [3.8, 4) is 0 Å². The van der Waals surface area contributed by atoms with E-state index in [1.807, 2.05) is 0 Å². The number of alkyl halides is 3. The zero-order valence-electron chi connectivity index (χ0n) is 9.17. The number of hydrogen-bond acceptors (Lipinski definition) is 3. The average molecular weight is 247 g/mol. The van der Waals surface area contributed by atoms with Crippen molar-refractivity contribution in [2.45, 2.75) is 19.5 Å². The number of benzene rings is 1. The molecule has 0 saturated heterocycles. The van der Waals surface area contributed by atoms with Crippen LogP contribution in [0.4, 0.5) is 18.9 Å². The van der Waals surface area contributed by atoms with Gasteiger partial charge in [-0.2, -0.15) is 13.2 Å². The van der Waals surface area contributed by atoms with E-state index in [-0.39, 0.29) is 24.3 Å². The van der Waals surface area contributed by atoms with Crippen LogP contribution in [0.2, 0.25) is 0 Å². The Morgan fingerprint density at radius 3 is 2.59 bits per heavy atom. The predicted molar refractivity (Wildman–Crippen MR) is 56.2 cm³/mol. The minimum absolute atomic E-state index is 0.123. The van der Waals surface area contributed by atoms with Crippen molar-refractivity contribution in [2.24, 2.45) is 0 Å². The van der Waals surface area contributed by atoms with Crippen LogP contribution >= 0.6 is 0 Å². The SMILES string of the molecule is CCOC(=O)Cc1cc(C(F)(F)F)ccc1N. The molecule has 6 heteroatoms. The second-order valence-corrected chi connectivity index (χ2v) is 3.39. The monoisotopic (exact) mass is 247 g/mol. The lowest BCUT2D eigenvalue weighted by Gasteiger charge is -2.10. The number of nitrogens with two attached hydrogens (primary N) is 1. The molecule has 2 N–H and O–H groups in total. The minimum atomic E-state index is -4.45. The normalized spacial score (nSPS) is 11.3. The molecule has 0 aliphatic rings. The van der Waals surface area contributed by atoms with Crippen molar-refractivity contribution >= 4 is 11.7 Å². The van der Waals surface area contributed by atoms with Gasteiger partial charge in [0.15, 0.2) is 0 Å². The summed E-state index contributed by atoms with van der Waals surface area (Å²) >= 11 is 0. The molecule has 1 rings (SSSR count). The molecule has 0 atom stereocenters. The molecular weight excluding hydrogens is 235 g/mol. The predicted octanol–water partition coefficient (Wildman–Crippen LogP) is 2.39. The van der Waals surface area contributed by atoms with E-state index >= 15 is 0 Å². The zero-order chi connectivity index (χ0) is 13.1. The first kappa shape index (κ1) is 13.3. The van der Waals surface area contributed by atoms with Gasteiger partial charge in [-0.15, -0.1) is 0 Å². The van der Waals surface area contributed by atoms with Gasteiger partial charge in [-0.25, -0.2) is 0 Å². The van der Waals surface area contributed by atoms with Gasteiger partial charge in [0, 0.05) is 5.69 Å². The molecule has 0 aromatic heterocycles.